The van der Waals surface area contributed by atoms with E-state index in [1.165, 1.54) is 0 Å². The number of hydrogen-bond donors (Lipinski definition) is 1. The molecule has 6 heteroatoms. The summed E-state index contributed by atoms with van der Waals surface area (Å²) in [6.45, 7) is 1.10. The van der Waals surface area contributed by atoms with E-state index in [0.717, 1.165) is 5.69 Å². The molecule has 14 heavy (non-hydrogen) atoms. The molecule has 0 aliphatic carbocycles. The zero-order valence-corrected chi connectivity index (χ0v) is 7.54. The summed E-state index contributed by atoms with van der Waals surface area (Å²) in [6.07, 6.45) is 1.71. The molecular weight excluding hydrogens is 180 g/mol. The number of aromatic nitrogens is 5. The van der Waals surface area contributed by atoms with Gasteiger partial charge in [0.05, 0.1) is 6.54 Å². The van der Waals surface area contributed by atoms with Crippen LogP contribution in [0.1, 0.15) is 0 Å². The van der Waals surface area contributed by atoms with E-state index in [0.29, 0.717) is 18.9 Å². The van der Waals surface area contributed by atoms with Crippen molar-refractivity contribution in [2.45, 2.75) is 6.54 Å². The molecular formula is C8H10N6. The SMILES string of the molecule is NCCn1nnnc1-c1ccccn1. The van der Waals surface area contributed by atoms with E-state index < -0.39 is 0 Å². The van der Waals surface area contributed by atoms with Crippen molar-refractivity contribution in [1.82, 2.24) is 25.2 Å². The lowest BCUT2D eigenvalue weighted by molar-refractivity contribution is 0.602. The second-order valence-electron chi connectivity index (χ2n) is 2.73. The lowest BCUT2D eigenvalue weighted by Crippen LogP contribution is -2.12. The highest BCUT2D eigenvalue weighted by Crippen LogP contribution is 2.10. The van der Waals surface area contributed by atoms with Crippen molar-refractivity contribution in [3.8, 4) is 11.5 Å². The van der Waals surface area contributed by atoms with E-state index in [-0.39, 0.29) is 0 Å². The van der Waals surface area contributed by atoms with Gasteiger partial charge in [-0.25, -0.2) is 4.68 Å². The molecule has 0 bridgehead atoms. The number of nitrogens with two attached hydrogens (primary N) is 1. The summed E-state index contributed by atoms with van der Waals surface area (Å²) in [7, 11) is 0. The highest BCUT2D eigenvalue weighted by atomic mass is 15.5. The van der Waals surface area contributed by atoms with Crippen molar-refractivity contribution >= 4 is 0 Å². The third kappa shape index (κ3) is 1.60. The van der Waals surface area contributed by atoms with E-state index in [9.17, 15) is 0 Å². The Morgan fingerprint density at radius 3 is 3.00 bits per heavy atom. The van der Waals surface area contributed by atoms with Gasteiger partial charge in [-0.3, -0.25) is 4.98 Å². The first-order valence-electron chi connectivity index (χ1n) is 4.29. The van der Waals surface area contributed by atoms with Crippen LogP contribution in [0.4, 0.5) is 0 Å². The minimum absolute atomic E-state index is 0.505. The normalized spacial score (nSPS) is 10.4. The van der Waals surface area contributed by atoms with Crippen LogP contribution < -0.4 is 5.73 Å². The van der Waals surface area contributed by atoms with Crippen LogP contribution in [-0.4, -0.2) is 31.7 Å². The monoisotopic (exact) mass is 190 g/mol. The number of tetrazole rings is 1. The molecule has 2 rings (SSSR count). The van der Waals surface area contributed by atoms with E-state index in [1.807, 2.05) is 18.2 Å². The zero-order valence-electron chi connectivity index (χ0n) is 7.54. The van der Waals surface area contributed by atoms with Gasteiger partial charge in [0.1, 0.15) is 5.69 Å². The highest BCUT2D eigenvalue weighted by Gasteiger charge is 2.07. The molecule has 2 aromatic rings. The molecule has 72 valence electrons. The second kappa shape index (κ2) is 3.93. The number of pyridine rings is 1. The second-order valence-corrected chi connectivity index (χ2v) is 2.73. The topological polar surface area (TPSA) is 82.5 Å². The lowest BCUT2D eigenvalue weighted by atomic mass is 10.3. The third-order valence-electron chi connectivity index (χ3n) is 1.77. The zero-order chi connectivity index (χ0) is 9.80. The van der Waals surface area contributed by atoms with Gasteiger partial charge in [0, 0.05) is 12.7 Å². The van der Waals surface area contributed by atoms with E-state index in [4.69, 9.17) is 5.73 Å². The summed E-state index contributed by atoms with van der Waals surface area (Å²) in [6, 6.07) is 5.60. The van der Waals surface area contributed by atoms with Crippen LogP contribution in [0, 0.1) is 0 Å². The average molecular weight is 190 g/mol. The maximum absolute atomic E-state index is 5.43. The number of rotatable bonds is 3. The van der Waals surface area contributed by atoms with Crippen LogP contribution in [-0.2, 0) is 6.54 Å². The molecule has 0 atom stereocenters. The molecule has 0 aromatic carbocycles. The molecule has 2 N–H and O–H groups in total. The van der Waals surface area contributed by atoms with Crippen molar-refractivity contribution < 1.29 is 0 Å². The van der Waals surface area contributed by atoms with Crippen LogP contribution in [0.15, 0.2) is 24.4 Å². The van der Waals surface area contributed by atoms with Gasteiger partial charge in [-0.05, 0) is 22.6 Å². The summed E-state index contributed by atoms with van der Waals surface area (Å²) < 4.78 is 1.64. The van der Waals surface area contributed by atoms with Crippen molar-refractivity contribution in [1.29, 1.82) is 0 Å². The molecule has 0 aliphatic rings. The summed E-state index contributed by atoms with van der Waals surface area (Å²) in [5, 5.41) is 11.3. The van der Waals surface area contributed by atoms with Crippen molar-refractivity contribution in [2.24, 2.45) is 5.73 Å². The number of nitrogens with zero attached hydrogens (tertiary/aromatic N) is 5. The molecule has 0 aliphatic heterocycles. The molecule has 0 radical (unpaired) electrons. The first-order chi connectivity index (χ1) is 6.92. The smallest absolute Gasteiger partial charge is 0.200 e. The highest BCUT2D eigenvalue weighted by molar-refractivity contribution is 5.47. The molecule has 0 amide bonds. The summed E-state index contributed by atoms with van der Waals surface area (Å²) in [5.74, 6) is 0.649. The Morgan fingerprint density at radius 2 is 2.29 bits per heavy atom. The molecule has 0 unspecified atom stereocenters. The average Bonchev–Trinajstić information content (AvgIpc) is 2.68. The van der Waals surface area contributed by atoms with Gasteiger partial charge in [-0.15, -0.1) is 5.10 Å². The molecule has 0 fully saturated rings. The van der Waals surface area contributed by atoms with E-state index in [2.05, 4.69) is 20.5 Å². The Hall–Kier alpha value is -1.82. The maximum Gasteiger partial charge on any atom is 0.200 e. The van der Waals surface area contributed by atoms with Crippen molar-refractivity contribution in [3.05, 3.63) is 24.4 Å². The molecule has 0 saturated carbocycles. The minimum Gasteiger partial charge on any atom is -0.329 e. The molecule has 6 nitrogen and oxygen atoms in total. The summed E-state index contributed by atoms with van der Waals surface area (Å²) in [4.78, 5) is 4.16. The Morgan fingerprint density at radius 1 is 1.36 bits per heavy atom. The van der Waals surface area contributed by atoms with Crippen molar-refractivity contribution in [3.63, 3.8) is 0 Å². The molecule has 2 heterocycles. The molecule has 0 spiro atoms. The fourth-order valence-electron chi connectivity index (χ4n) is 1.16. The predicted octanol–water partition coefficient (Wildman–Crippen LogP) is -0.306. The first kappa shape index (κ1) is 8.76. The van der Waals surface area contributed by atoms with Crippen LogP contribution >= 0.6 is 0 Å². The fourth-order valence-corrected chi connectivity index (χ4v) is 1.16. The lowest BCUT2D eigenvalue weighted by Gasteiger charge is -2.00. The van der Waals surface area contributed by atoms with Gasteiger partial charge in [0.2, 0.25) is 5.82 Å². The van der Waals surface area contributed by atoms with Gasteiger partial charge in [-0.1, -0.05) is 6.07 Å². The van der Waals surface area contributed by atoms with Gasteiger partial charge >= 0.3 is 0 Å². The predicted molar refractivity (Wildman–Crippen MR) is 50.1 cm³/mol. The first-order valence-corrected chi connectivity index (χ1v) is 4.29. The quantitative estimate of drug-likeness (QED) is 0.718. The largest absolute Gasteiger partial charge is 0.329 e. The van der Waals surface area contributed by atoms with Crippen LogP contribution in [0.2, 0.25) is 0 Å². The van der Waals surface area contributed by atoms with E-state index >= 15 is 0 Å². The van der Waals surface area contributed by atoms with Gasteiger partial charge < -0.3 is 5.73 Å². The fraction of sp³-hybridized carbons (Fsp3) is 0.250. The van der Waals surface area contributed by atoms with Gasteiger partial charge in [0.25, 0.3) is 0 Å². The Labute approximate surface area is 80.8 Å². The van der Waals surface area contributed by atoms with Gasteiger partial charge in [0.15, 0.2) is 0 Å². The number of hydrogen-bond acceptors (Lipinski definition) is 5. The summed E-state index contributed by atoms with van der Waals surface area (Å²) >= 11 is 0. The van der Waals surface area contributed by atoms with Crippen LogP contribution in [0.5, 0.6) is 0 Å². The summed E-state index contributed by atoms with van der Waals surface area (Å²) in [5.41, 5.74) is 6.19. The van der Waals surface area contributed by atoms with E-state index in [1.54, 1.807) is 10.9 Å². The molecule has 0 saturated heterocycles. The Bertz CT molecular complexity index is 395. The van der Waals surface area contributed by atoms with Crippen LogP contribution in [0.25, 0.3) is 11.5 Å². The van der Waals surface area contributed by atoms with Gasteiger partial charge in [-0.2, -0.15) is 0 Å². The standard InChI is InChI=1S/C8H10N6/c9-4-6-14-8(11-12-13-14)7-3-1-2-5-10-7/h1-3,5H,4,6,9H2. The molecule has 2 aromatic heterocycles. The third-order valence-corrected chi connectivity index (χ3v) is 1.77. The minimum atomic E-state index is 0.505. The van der Waals surface area contributed by atoms with Crippen LogP contribution in [0.3, 0.4) is 0 Å². The van der Waals surface area contributed by atoms with Crippen molar-refractivity contribution in [2.75, 3.05) is 6.54 Å². The Balaban J connectivity index is 2.37. The Kier molecular flexibility index (Phi) is 2.46. The maximum atomic E-state index is 5.43.